The third-order valence-corrected chi connectivity index (χ3v) is 6.32. The molecule has 0 bridgehead atoms. The van der Waals surface area contributed by atoms with Crippen LogP contribution in [0.1, 0.15) is 32.1 Å². The van der Waals surface area contributed by atoms with Crippen molar-refractivity contribution >= 4 is 17.0 Å². The van der Waals surface area contributed by atoms with E-state index in [0.29, 0.717) is 6.04 Å². The van der Waals surface area contributed by atoms with Gasteiger partial charge in [-0.1, -0.05) is 19.3 Å². The fraction of sp³-hybridized carbons (Fsp3) is 0.722. The first kappa shape index (κ1) is 15.5. The minimum absolute atomic E-state index is 0.668. The number of H-pyrrole nitrogens is 1. The van der Waals surface area contributed by atoms with Crippen molar-refractivity contribution in [2.75, 3.05) is 44.2 Å². The topological polar surface area (TPSA) is 64.2 Å². The molecule has 0 spiro atoms. The lowest BCUT2D eigenvalue weighted by Gasteiger charge is -2.49. The van der Waals surface area contributed by atoms with Crippen molar-refractivity contribution in [2.24, 2.45) is 0 Å². The van der Waals surface area contributed by atoms with Crippen LogP contribution in [-0.4, -0.2) is 81.1 Å². The second-order valence-electron chi connectivity index (χ2n) is 7.72. The van der Waals surface area contributed by atoms with Crippen molar-refractivity contribution in [3.05, 3.63) is 12.7 Å². The molecule has 0 aromatic carbocycles. The molecule has 3 aliphatic rings. The Balaban J connectivity index is 1.16. The Bertz CT molecular complexity index is 709. The van der Waals surface area contributed by atoms with Crippen molar-refractivity contribution in [3.63, 3.8) is 0 Å². The maximum atomic E-state index is 4.47. The maximum Gasteiger partial charge on any atom is 0.182 e. The van der Waals surface area contributed by atoms with Gasteiger partial charge in [-0.05, 0) is 12.8 Å². The van der Waals surface area contributed by atoms with Crippen LogP contribution in [-0.2, 0) is 0 Å². The minimum atomic E-state index is 0.668. The summed E-state index contributed by atoms with van der Waals surface area (Å²) in [6, 6.07) is 1.53. The van der Waals surface area contributed by atoms with E-state index >= 15 is 0 Å². The summed E-state index contributed by atoms with van der Waals surface area (Å²) in [6.45, 7) is 7.07. The summed E-state index contributed by atoms with van der Waals surface area (Å²) in [5.41, 5.74) is 1.72. The molecule has 1 saturated carbocycles. The standard InChI is InChI=1S/C18H27N7/c1-2-4-14(5-3-1)23-6-8-24(9-7-23)15-10-25(11-15)18-16-17(20-12-19-16)21-13-22-18/h12-15H,1-11H2,(H,19,20,21,22). The highest BCUT2D eigenvalue weighted by molar-refractivity contribution is 5.83. The molecule has 1 aliphatic carbocycles. The van der Waals surface area contributed by atoms with Gasteiger partial charge in [0.15, 0.2) is 11.5 Å². The summed E-state index contributed by atoms with van der Waals surface area (Å²) in [4.78, 5) is 23.9. The number of anilines is 1. The number of rotatable bonds is 3. The van der Waals surface area contributed by atoms with Crippen molar-refractivity contribution < 1.29 is 0 Å². The molecule has 7 heteroatoms. The van der Waals surface area contributed by atoms with Crippen LogP contribution in [0, 0.1) is 0 Å². The van der Waals surface area contributed by atoms with Crippen LogP contribution in [0.15, 0.2) is 12.7 Å². The van der Waals surface area contributed by atoms with E-state index in [1.165, 1.54) is 58.3 Å². The molecule has 4 heterocycles. The largest absolute Gasteiger partial charge is 0.351 e. The van der Waals surface area contributed by atoms with Gasteiger partial charge in [-0.3, -0.25) is 9.80 Å². The fourth-order valence-electron chi connectivity index (χ4n) is 4.77. The molecule has 1 N–H and O–H groups in total. The highest BCUT2D eigenvalue weighted by Gasteiger charge is 2.36. The molecule has 0 amide bonds. The van der Waals surface area contributed by atoms with Gasteiger partial charge >= 0.3 is 0 Å². The number of aromatic amines is 1. The zero-order chi connectivity index (χ0) is 16.6. The lowest BCUT2D eigenvalue weighted by Crippen LogP contribution is -2.64. The highest BCUT2D eigenvalue weighted by atomic mass is 15.4. The predicted molar refractivity (Wildman–Crippen MR) is 97.7 cm³/mol. The number of nitrogens with one attached hydrogen (secondary N) is 1. The van der Waals surface area contributed by atoms with Gasteiger partial charge in [-0.2, -0.15) is 0 Å². The summed E-state index contributed by atoms with van der Waals surface area (Å²) in [6.07, 6.45) is 10.5. The predicted octanol–water partition coefficient (Wildman–Crippen LogP) is 1.49. The van der Waals surface area contributed by atoms with Gasteiger partial charge in [0.25, 0.3) is 0 Å². The van der Waals surface area contributed by atoms with Gasteiger partial charge < -0.3 is 9.88 Å². The summed E-state index contributed by atoms with van der Waals surface area (Å²) in [7, 11) is 0. The molecule has 2 aromatic heterocycles. The van der Waals surface area contributed by atoms with Gasteiger partial charge in [0.2, 0.25) is 0 Å². The molecular formula is C18H27N7. The van der Waals surface area contributed by atoms with E-state index in [-0.39, 0.29) is 0 Å². The van der Waals surface area contributed by atoms with E-state index in [1.54, 1.807) is 12.7 Å². The van der Waals surface area contributed by atoms with Crippen molar-refractivity contribution in [2.45, 2.75) is 44.2 Å². The molecule has 5 rings (SSSR count). The monoisotopic (exact) mass is 341 g/mol. The van der Waals surface area contributed by atoms with Crippen LogP contribution >= 0.6 is 0 Å². The minimum Gasteiger partial charge on any atom is -0.351 e. The average molecular weight is 341 g/mol. The molecular weight excluding hydrogens is 314 g/mol. The summed E-state index contributed by atoms with van der Waals surface area (Å²) < 4.78 is 0. The lowest BCUT2D eigenvalue weighted by molar-refractivity contribution is 0.0487. The van der Waals surface area contributed by atoms with Crippen LogP contribution in [0.3, 0.4) is 0 Å². The van der Waals surface area contributed by atoms with E-state index in [2.05, 4.69) is 34.6 Å². The molecule has 2 aliphatic heterocycles. The van der Waals surface area contributed by atoms with E-state index in [0.717, 1.165) is 36.1 Å². The van der Waals surface area contributed by atoms with Crippen LogP contribution in [0.25, 0.3) is 11.2 Å². The third-order valence-electron chi connectivity index (χ3n) is 6.32. The van der Waals surface area contributed by atoms with Gasteiger partial charge in [0, 0.05) is 51.4 Å². The van der Waals surface area contributed by atoms with Gasteiger partial charge in [0.1, 0.15) is 11.8 Å². The molecule has 0 radical (unpaired) electrons. The van der Waals surface area contributed by atoms with Crippen molar-refractivity contribution in [1.29, 1.82) is 0 Å². The Kier molecular flexibility index (Phi) is 4.06. The molecule has 25 heavy (non-hydrogen) atoms. The van der Waals surface area contributed by atoms with Crippen LogP contribution in [0.4, 0.5) is 5.82 Å². The smallest absolute Gasteiger partial charge is 0.182 e. The van der Waals surface area contributed by atoms with Gasteiger partial charge in [-0.15, -0.1) is 0 Å². The van der Waals surface area contributed by atoms with Gasteiger partial charge in [0.05, 0.1) is 6.33 Å². The quantitative estimate of drug-likeness (QED) is 0.913. The molecule has 7 nitrogen and oxygen atoms in total. The Morgan fingerprint density at radius 1 is 0.840 bits per heavy atom. The number of aromatic nitrogens is 4. The molecule has 2 aromatic rings. The first-order chi connectivity index (χ1) is 12.4. The number of nitrogens with zero attached hydrogens (tertiary/aromatic N) is 6. The number of fused-ring (bicyclic) bond motifs is 1. The molecule has 3 fully saturated rings. The zero-order valence-corrected chi connectivity index (χ0v) is 14.8. The zero-order valence-electron chi connectivity index (χ0n) is 14.8. The van der Waals surface area contributed by atoms with Crippen LogP contribution in [0.5, 0.6) is 0 Å². The fourth-order valence-corrected chi connectivity index (χ4v) is 4.77. The van der Waals surface area contributed by atoms with E-state index in [9.17, 15) is 0 Å². The van der Waals surface area contributed by atoms with Crippen LogP contribution < -0.4 is 4.90 Å². The summed E-state index contributed by atoms with van der Waals surface area (Å²) in [5.74, 6) is 1.000. The van der Waals surface area contributed by atoms with E-state index in [4.69, 9.17) is 0 Å². The van der Waals surface area contributed by atoms with E-state index in [1.807, 2.05) is 0 Å². The first-order valence-electron chi connectivity index (χ1n) is 9.75. The number of piperazine rings is 1. The second-order valence-corrected chi connectivity index (χ2v) is 7.72. The number of hydrogen-bond acceptors (Lipinski definition) is 6. The van der Waals surface area contributed by atoms with Crippen LogP contribution in [0.2, 0.25) is 0 Å². The lowest BCUT2D eigenvalue weighted by atomic mass is 9.93. The normalized spacial score (nSPS) is 24.7. The highest BCUT2D eigenvalue weighted by Crippen LogP contribution is 2.28. The Labute approximate surface area is 148 Å². The molecule has 0 atom stereocenters. The first-order valence-corrected chi connectivity index (χ1v) is 9.75. The van der Waals surface area contributed by atoms with Crippen molar-refractivity contribution in [1.82, 2.24) is 29.7 Å². The third kappa shape index (κ3) is 2.89. The van der Waals surface area contributed by atoms with E-state index < -0.39 is 0 Å². The molecule has 2 saturated heterocycles. The molecule has 134 valence electrons. The Morgan fingerprint density at radius 2 is 1.56 bits per heavy atom. The average Bonchev–Trinajstić information content (AvgIpc) is 3.11. The Hall–Kier alpha value is -1.73. The maximum absolute atomic E-state index is 4.47. The SMILES string of the molecule is c1nc(N2CC(N3CCN(C4CCCCC4)CC3)C2)c2[nH]cnc2n1. The molecule has 0 unspecified atom stereocenters. The number of hydrogen-bond donors (Lipinski definition) is 1. The Morgan fingerprint density at radius 3 is 2.32 bits per heavy atom. The summed E-state index contributed by atoms with van der Waals surface area (Å²) in [5, 5.41) is 0. The summed E-state index contributed by atoms with van der Waals surface area (Å²) >= 11 is 0. The number of imidazole rings is 1. The second kappa shape index (κ2) is 6.53. The van der Waals surface area contributed by atoms with Crippen molar-refractivity contribution in [3.8, 4) is 0 Å². The van der Waals surface area contributed by atoms with Gasteiger partial charge in [-0.25, -0.2) is 15.0 Å².